The van der Waals surface area contributed by atoms with Crippen molar-refractivity contribution in [1.82, 2.24) is 0 Å². The Morgan fingerprint density at radius 2 is 1.63 bits per heavy atom. The Labute approximate surface area is 293 Å². The van der Waals surface area contributed by atoms with E-state index in [9.17, 15) is 48.9 Å². The highest BCUT2D eigenvalue weighted by atomic mass is 35.5. The molecule has 3 aromatic rings. The van der Waals surface area contributed by atoms with Gasteiger partial charge in [0.15, 0.2) is 5.69 Å². The van der Waals surface area contributed by atoms with Crippen LogP contribution in [-0.2, 0) is 25.8 Å². The number of carbonyl (C=O) groups excluding carboxylic acids is 4. The fraction of sp³-hybridized carbons (Fsp3) is 0.353. The van der Waals surface area contributed by atoms with Gasteiger partial charge in [-0.1, -0.05) is 23.3 Å². The van der Waals surface area contributed by atoms with Gasteiger partial charge in [-0.15, -0.1) is 0 Å². The molecule has 3 fully saturated rings. The molecule has 4 amide bonds. The Balaban J connectivity index is 1.35. The molecule has 6 atom stereocenters. The highest BCUT2D eigenvalue weighted by Crippen LogP contribution is 2.64. The number of aliphatic hydroxyl groups excluding tert-OH is 1. The largest absolute Gasteiger partial charge is 0.463 e. The Hall–Kier alpha value is -5.48. The van der Waals surface area contributed by atoms with Crippen LogP contribution < -0.4 is 14.7 Å². The monoisotopic (exact) mass is 721 g/mol. The third-order valence-electron chi connectivity index (χ3n) is 10.7. The molecule has 1 aromatic heterocycles. The summed E-state index contributed by atoms with van der Waals surface area (Å²) >= 11 is 6.03. The number of nitrogens with zero attached hydrogens (tertiary/aromatic N) is 5. The molecule has 3 heterocycles. The van der Waals surface area contributed by atoms with Gasteiger partial charge in [0.25, 0.3) is 0 Å². The van der Waals surface area contributed by atoms with E-state index in [4.69, 9.17) is 16.0 Å². The van der Waals surface area contributed by atoms with Crippen LogP contribution in [0.5, 0.6) is 0 Å². The fourth-order valence-electron chi connectivity index (χ4n) is 8.53. The summed E-state index contributed by atoms with van der Waals surface area (Å²) in [5, 5.41) is 33.6. The maximum Gasteiger partial charge on any atom is 0.301 e. The number of nitro benzene ring substituents is 2. The zero-order valence-corrected chi connectivity index (χ0v) is 28.0. The summed E-state index contributed by atoms with van der Waals surface area (Å²) in [4.78, 5) is 82.5. The van der Waals surface area contributed by atoms with Gasteiger partial charge in [-0.05, 0) is 56.0 Å². The van der Waals surface area contributed by atoms with Gasteiger partial charge in [-0.3, -0.25) is 39.4 Å². The van der Waals surface area contributed by atoms with Gasteiger partial charge in [0.1, 0.15) is 23.9 Å². The molecule has 51 heavy (non-hydrogen) atoms. The van der Waals surface area contributed by atoms with Crippen LogP contribution in [0.4, 0.5) is 32.8 Å². The number of rotatable bonds is 7. The predicted molar refractivity (Wildman–Crippen MR) is 177 cm³/mol. The average molecular weight is 722 g/mol. The van der Waals surface area contributed by atoms with Crippen molar-refractivity contribution in [2.24, 2.45) is 29.1 Å². The van der Waals surface area contributed by atoms with Crippen molar-refractivity contribution in [2.45, 2.75) is 32.3 Å². The molecule has 264 valence electrons. The normalized spacial score (nSPS) is 26.9. The molecule has 2 aliphatic carbocycles. The molecule has 1 saturated carbocycles. The van der Waals surface area contributed by atoms with Crippen molar-refractivity contribution in [3.63, 3.8) is 0 Å². The van der Waals surface area contributed by atoms with E-state index in [0.29, 0.717) is 5.57 Å². The van der Waals surface area contributed by atoms with Crippen LogP contribution in [0.1, 0.15) is 37.2 Å². The third-order valence-corrected chi connectivity index (χ3v) is 11.0. The number of nitro groups is 2. The van der Waals surface area contributed by atoms with Crippen molar-refractivity contribution in [3.8, 4) is 0 Å². The van der Waals surface area contributed by atoms with E-state index in [-0.39, 0.29) is 46.4 Å². The van der Waals surface area contributed by atoms with E-state index in [2.05, 4.69) is 0 Å². The molecule has 0 spiro atoms. The minimum atomic E-state index is -1.49. The van der Waals surface area contributed by atoms with Crippen LogP contribution in [0.15, 0.2) is 58.5 Å². The molecule has 2 aromatic carbocycles. The second kappa shape index (κ2) is 11.8. The smallest absolute Gasteiger partial charge is 0.301 e. The van der Waals surface area contributed by atoms with Crippen LogP contribution in [0.3, 0.4) is 0 Å². The number of allylic oxidation sites excluding steroid dienone is 2. The number of anilines is 3. The highest BCUT2D eigenvalue weighted by molar-refractivity contribution is 6.32. The first kappa shape index (κ1) is 34.0. The standard InChI is InChI=1S/C34H29ClFN5O10/c1-34-21(31(44)39(33(34)46)15-4-8-23(36)22(35)10-15)13-20-18(28(34)26-9-5-17(14-42)51-26)6-7-19-27(20)32(45)38(30(19)43)16-11-24(40(47)48)29(37(2)3)25(12-16)41(49)50/h4-6,8-12,19-21,27-28,42H,7,13-14H2,1-3H3/t19-,20+,21-,27-,28+,34+/m0/s1. The van der Waals surface area contributed by atoms with Crippen molar-refractivity contribution in [3.05, 3.63) is 96.7 Å². The van der Waals surface area contributed by atoms with E-state index in [1.54, 1.807) is 19.1 Å². The molecule has 4 aliphatic rings. The van der Waals surface area contributed by atoms with E-state index < -0.39 is 92.3 Å². The van der Waals surface area contributed by atoms with Gasteiger partial charge in [0, 0.05) is 26.2 Å². The molecule has 17 heteroatoms. The second-order valence-electron chi connectivity index (χ2n) is 13.5. The van der Waals surface area contributed by atoms with E-state index in [1.807, 2.05) is 0 Å². The van der Waals surface area contributed by atoms with Gasteiger partial charge in [0.05, 0.1) is 55.3 Å². The minimum absolute atomic E-state index is 0.0156. The summed E-state index contributed by atoms with van der Waals surface area (Å²) in [7, 11) is 2.78. The van der Waals surface area contributed by atoms with E-state index in [1.165, 1.54) is 37.2 Å². The first-order chi connectivity index (χ1) is 24.1. The van der Waals surface area contributed by atoms with Gasteiger partial charge in [-0.25, -0.2) is 14.2 Å². The predicted octanol–water partition coefficient (Wildman–Crippen LogP) is 4.88. The number of hydrogen-bond acceptors (Lipinski definition) is 11. The van der Waals surface area contributed by atoms with Crippen LogP contribution in [-0.4, -0.2) is 52.7 Å². The van der Waals surface area contributed by atoms with Gasteiger partial charge in [0.2, 0.25) is 23.6 Å². The lowest BCUT2D eigenvalue weighted by molar-refractivity contribution is -0.392. The number of amides is 4. The lowest BCUT2D eigenvalue weighted by Crippen LogP contribution is -2.48. The topological polar surface area (TPSA) is 198 Å². The number of hydrogen-bond donors (Lipinski definition) is 1. The Bertz CT molecular complexity index is 2100. The van der Waals surface area contributed by atoms with E-state index in [0.717, 1.165) is 28.0 Å². The van der Waals surface area contributed by atoms with Crippen LogP contribution >= 0.6 is 11.6 Å². The quantitative estimate of drug-likeness (QED) is 0.151. The zero-order valence-electron chi connectivity index (χ0n) is 27.2. The van der Waals surface area contributed by atoms with E-state index >= 15 is 0 Å². The third kappa shape index (κ3) is 4.80. The van der Waals surface area contributed by atoms with Gasteiger partial charge in [-0.2, -0.15) is 0 Å². The van der Waals surface area contributed by atoms with Crippen LogP contribution in [0, 0.1) is 55.1 Å². The Kier molecular flexibility index (Phi) is 7.87. The number of carbonyl (C=O) groups is 4. The maximum absolute atomic E-state index is 14.4. The highest BCUT2D eigenvalue weighted by Gasteiger charge is 2.68. The maximum atomic E-state index is 14.4. The summed E-state index contributed by atoms with van der Waals surface area (Å²) in [6, 6.07) is 8.45. The average Bonchev–Trinajstić information content (AvgIpc) is 3.71. The first-order valence-electron chi connectivity index (χ1n) is 15.9. The summed E-state index contributed by atoms with van der Waals surface area (Å²) in [5.74, 6) is -7.97. The molecule has 2 saturated heterocycles. The number of imide groups is 2. The van der Waals surface area contributed by atoms with Crippen molar-refractivity contribution < 1.29 is 42.9 Å². The van der Waals surface area contributed by atoms with Crippen molar-refractivity contribution in [1.29, 1.82) is 0 Å². The van der Waals surface area contributed by atoms with Crippen molar-refractivity contribution >= 4 is 63.7 Å². The molecule has 7 rings (SSSR count). The summed E-state index contributed by atoms with van der Waals surface area (Å²) in [6.45, 7) is 1.15. The van der Waals surface area contributed by atoms with Crippen molar-refractivity contribution in [2.75, 3.05) is 28.8 Å². The molecular formula is C34H29ClFN5O10. The summed E-state index contributed by atoms with van der Waals surface area (Å²) in [5.41, 5.74) is -2.92. The molecule has 1 N–H and O–H groups in total. The Morgan fingerprint density at radius 3 is 2.20 bits per heavy atom. The SMILES string of the molecule is CN(C)c1c([N+](=O)[O-])cc(N2C(=O)[C@H]3[C@H](CC=C4[C@H]3C[C@H]3C(=O)N(c5ccc(F)c(Cl)c5)C(=O)[C@@]3(C)[C@H]4c3ccc(CO)o3)C2=O)cc1[N+](=O)[O-]. The number of halogens is 2. The Morgan fingerprint density at radius 1 is 0.961 bits per heavy atom. The zero-order chi connectivity index (χ0) is 36.8. The fourth-order valence-corrected chi connectivity index (χ4v) is 8.71. The molecule has 0 bridgehead atoms. The van der Waals surface area contributed by atoms with Gasteiger partial charge < -0.3 is 14.4 Å². The van der Waals surface area contributed by atoms with Gasteiger partial charge >= 0.3 is 11.4 Å². The molecule has 0 unspecified atom stereocenters. The molecule has 2 aliphatic heterocycles. The lowest BCUT2D eigenvalue weighted by Gasteiger charge is -2.48. The number of benzene rings is 2. The lowest BCUT2D eigenvalue weighted by atomic mass is 9.52. The molecular weight excluding hydrogens is 693 g/mol. The molecule has 0 radical (unpaired) electrons. The second-order valence-corrected chi connectivity index (χ2v) is 13.9. The summed E-state index contributed by atoms with van der Waals surface area (Å²) in [6.07, 6.45) is 1.70. The molecule has 15 nitrogen and oxygen atoms in total. The van der Waals surface area contributed by atoms with Crippen LogP contribution in [0.2, 0.25) is 5.02 Å². The number of fused-ring (bicyclic) bond motifs is 4. The first-order valence-corrected chi connectivity index (χ1v) is 16.2. The number of furan rings is 1. The van der Waals surface area contributed by atoms with Crippen LogP contribution in [0.25, 0.3) is 0 Å². The minimum Gasteiger partial charge on any atom is -0.463 e. The summed E-state index contributed by atoms with van der Waals surface area (Å²) < 4.78 is 20.1. The number of aliphatic hydroxyl groups is 1.